The van der Waals surface area contributed by atoms with Crippen LogP contribution >= 0.6 is 0 Å². The van der Waals surface area contributed by atoms with Gasteiger partial charge in [0.1, 0.15) is 18.7 Å². The minimum absolute atomic E-state index is 0.0128. The lowest BCUT2D eigenvalue weighted by Crippen LogP contribution is -2.56. The van der Waals surface area contributed by atoms with E-state index in [2.05, 4.69) is 26.6 Å². The van der Waals surface area contributed by atoms with Crippen LogP contribution in [-0.2, 0) is 41.7 Å². The molecule has 0 aliphatic heterocycles. The molecule has 0 radical (unpaired) electrons. The first-order valence-electron chi connectivity index (χ1n) is 15.1. The van der Waals surface area contributed by atoms with E-state index >= 15 is 0 Å². The maximum absolute atomic E-state index is 13.2. The topological polar surface area (TPSA) is 201 Å². The van der Waals surface area contributed by atoms with Gasteiger partial charge in [0, 0.05) is 19.5 Å². The molecule has 0 aromatic heterocycles. The summed E-state index contributed by atoms with van der Waals surface area (Å²) in [6.45, 7) is 2.66. The van der Waals surface area contributed by atoms with Crippen LogP contribution in [0.15, 0.2) is 60.7 Å². The third-order valence-electron chi connectivity index (χ3n) is 6.60. The van der Waals surface area contributed by atoms with Gasteiger partial charge in [-0.2, -0.15) is 0 Å². The molecule has 2 atom stereocenters. The number of nitrogens with one attached hydrogen (secondary N) is 5. The Morgan fingerprint density at radius 3 is 2.00 bits per heavy atom. The number of nitrogens with zero attached hydrogens (tertiary/aromatic N) is 1. The lowest BCUT2D eigenvalue weighted by Gasteiger charge is -2.24. The van der Waals surface area contributed by atoms with Crippen molar-refractivity contribution >= 4 is 35.6 Å². The Morgan fingerprint density at radius 1 is 0.783 bits per heavy atom. The van der Waals surface area contributed by atoms with Gasteiger partial charge < -0.3 is 37.1 Å². The van der Waals surface area contributed by atoms with Crippen molar-refractivity contribution < 1.29 is 33.5 Å². The van der Waals surface area contributed by atoms with Crippen molar-refractivity contribution in [1.29, 1.82) is 0 Å². The van der Waals surface area contributed by atoms with E-state index in [0.717, 1.165) is 16.0 Å². The summed E-state index contributed by atoms with van der Waals surface area (Å²) in [6.07, 6.45) is -0.396. The van der Waals surface area contributed by atoms with E-state index < -0.39 is 54.3 Å². The molecule has 6 amide bonds. The lowest BCUT2D eigenvalue weighted by atomic mass is 10.0. The molecule has 0 heterocycles. The first kappa shape index (κ1) is 37.4. The molecule has 2 rings (SSSR count). The van der Waals surface area contributed by atoms with Crippen molar-refractivity contribution in [2.75, 3.05) is 39.8 Å². The zero-order chi connectivity index (χ0) is 33.9. The first-order valence-corrected chi connectivity index (χ1v) is 15.1. The molecule has 2 aromatic carbocycles. The van der Waals surface area contributed by atoms with Crippen LogP contribution in [0.4, 0.5) is 4.79 Å². The summed E-state index contributed by atoms with van der Waals surface area (Å²) < 4.78 is 5.27. The molecule has 0 bridgehead atoms. The predicted octanol–water partition coefficient (Wildman–Crippen LogP) is -0.179. The van der Waals surface area contributed by atoms with Gasteiger partial charge in [-0.15, -0.1) is 0 Å². The molecular formula is C32H45N7O7. The number of hydrogen-bond acceptors (Lipinski definition) is 9. The molecule has 0 spiro atoms. The van der Waals surface area contributed by atoms with Gasteiger partial charge in [-0.1, -0.05) is 74.5 Å². The number of benzene rings is 2. The van der Waals surface area contributed by atoms with Gasteiger partial charge in [-0.05, 0) is 30.5 Å². The molecular weight excluding hydrogens is 594 g/mol. The maximum Gasteiger partial charge on any atom is 0.416 e. The lowest BCUT2D eigenvalue weighted by molar-refractivity contribution is -0.132. The Kier molecular flexibility index (Phi) is 16.5. The van der Waals surface area contributed by atoms with Crippen molar-refractivity contribution in [3.8, 4) is 0 Å². The van der Waals surface area contributed by atoms with Crippen LogP contribution in [0.2, 0.25) is 0 Å². The summed E-state index contributed by atoms with van der Waals surface area (Å²) >= 11 is 0. The van der Waals surface area contributed by atoms with Crippen LogP contribution in [0.1, 0.15) is 31.4 Å². The highest BCUT2D eigenvalue weighted by Crippen LogP contribution is 2.08. The van der Waals surface area contributed by atoms with Crippen molar-refractivity contribution in [3.05, 3.63) is 71.8 Å². The molecule has 0 aliphatic rings. The summed E-state index contributed by atoms with van der Waals surface area (Å²) in [4.78, 5) is 76.9. The largest absolute Gasteiger partial charge is 0.444 e. The highest BCUT2D eigenvalue weighted by molar-refractivity contribution is 5.94. The highest BCUT2D eigenvalue weighted by Gasteiger charge is 2.28. The molecule has 7 N–H and O–H groups in total. The summed E-state index contributed by atoms with van der Waals surface area (Å²) in [5.74, 6) is -2.77. The fraction of sp³-hybridized carbons (Fsp3) is 0.438. The molecule has 2 aromatic rings. The van der Waals surface area contributed by atoms with Crippen molar-refractivity contribution in [2.45, 2.75) is 45.4 Å². The normalized spacial score (nSPS) is 11.9. The van der Waals surface area contributed by atoms with E-state index in [1.807, 2.05) is 50.2 Å². The summed E-state index contributed by atoms with van der Waals surface area (Å²) in [7, 11) is 1.56. The summed E-state index contributed by atoms with van der Waals surface area (Å²) in [6, 6.07) is 16.1. The van der Waals surface area contributed by atoms with Crippen LogP contribution in [0.25, 0.3) is 0 Å². The van der Waals surface area contributed by atoms with Gasteiger partial charge in [0.05, 0.1) is 19.6 Å². The Morgan fingerprint density at radius 2 is 1.41 bits per heavy atom. The predicted molar refractivity (Wildman–Crippen MR) is 171 cm³/mol. The molecule has 46 heavy (non-hydrogen) atoms. The van der Waals surface area contributed by atoms with E-state index in [1.165, 1.54) is 0 Å². The van der Waals surface area contributed by atoms with Crippen LogP contribution in [0.3, 0.4) is 0 Å². The zero-order valence-corrected chi connectivity index (χ0v) is 26.5. The van der Waals surface area contributed by atoms with Crippen molar-refractivity contribution in [3.63, 3.8) is 0 Å². The second-order valence-corrected chi connectivity index (χ2v) is 10.9. The molecule has 0 fully saturated rings. The first-order chi connectivity index (χ1) is 22.0. The molecule has 0 aliphatic carbocycles. The third-order valence-corrected chi connectivity index (χ3v) is 6.60. The number of carbonyl (C=O) groups is 6. The van der Waals surface area contributed by atoms with Gasteiger partial charge in [0.15, 0.2) is 0 Å². The minimum atomic E-state index is -0.984. The Bertz CT molecular complexity index is 1290. The van der Waals surface area contributed by atoms with Gasteiger partial charge in [0.2, 0.25) is 29.5 Å². The molecule has 250 valence electrons. The molecule has 0 saturated heterocycles. The fourth-order valence-corrected chi connectivity index (χ4v) is 4.31. The Labute approximate surface area is 269 Å². The average molecular weight is 640 g/mol. The number of ether oxygens (including phenoxy) is 1. The van der Waals surface area contributed by atoms with Crippen molar-refractivity contribution in [2.24, 2.45) is 11.7 Å². The minimum Gasteiger partial charge on any atom is -0.444 e. The monoisotopic (exact) mass is 639 g/mol. The SMILES string of the molecule is CNCC(=O)N(CCNC(=O)CNC(=O)[C@H](CC(C)C)NC(=O)[C@H](Cc1ccccc1)NC(=O)CN)C(=O)OCc1ccccc1. The van der Waals surface area contributed by atoms with Crippen LogP contribution in [0, 0.1) is 5.92 Å². The second kappa shape index (κ2) is 20.3. The third kappa shape index (κ3) is 13.9. The van der Waals surface area contributed by atoms with Crippen molar-refractivity contribution in [1.82, 2.24) is 31.5 Å². The van der Waals surface area contributed by atoms with E-state index in [4.69, 9.17) is 10.5 Å². The summed E-state index contributed by atoms with van der Waals surface area (Å²) in [5.41, 5.74) is 6.99. The summed E-state index contributed by atoms with van der Waals surface area (Å²) in [5, 5.41) is 13.1. The Balaban J connectivity index is 1.94. The second-order valence-electron chi connectivity index (χ2n) is 10.9. The average Bonchev–Trinajstić information content (AvgIpc) is 3.04. The number of imide groups is 1. The van der Waals surface area contributed by atoms with Gasteiger partial charge in [0.25, 0.3) is 0 Å². The number of rotatable bonds is 18. The quantitative estimate of drug-likeness (QED) is 0.128. The standard InChI is InChI=1S/C32H45N7O7/c1-22(2)16-25(38-31(44)26(37-27(40)18-33)17-23-10-6-4-7-11-23)30(43)36-19-28(41)35-14-15-39(29(42)20-34-3)32(45)46-21-24-12-8-5-9-13-24/h4-13,22,25-26,34H,14-21,33H2,1-3H3,(H,35,41)(H,36,43)(H,37,40)(H,38,44)/t25-,26-/m0/s1. The number of carbonyl (C=O) groups excluding carboxylic acids is 6. The molecule has 14 heteroatoms. The smallest absolute Gasteiger partial charge is 0.416 e. The van der Waals surface area contributed by atoms with E-state index in [0.29, 0.717) is 0 Å². The number of hydrogen-bond donors (Lipinski definition) is 6. The fourth-order valence-electron chi connectivity index (χ4n) is 4.31. The van der Waals surface area contributed by atoms with Crippen LogP contribution in [0.5, 0.6) is 0 Å². The highest BCUT2D eigenvalue weighted by atomic mass is 16.6. The van der Waals surface area contributed by atoms with Crippen LogP contribution < -0.4 is 32.3 Å². The number of nitrogens with two attached hydrogens (primary N) is 1. The zero-order valence-electron chi connectivity index (χ0n) is 26.5. The number of likely N-dealkylation sites (N-methyl/N-ethyl adjacent to an activating group) is 1. The van der Waals surface area contributed by atoms with E-state index in [1.54, 1.807) is 31.3 Å². The molecule has 0 saturated carbocycles. The van der Waals surface area contributed by atoms with Gasteiger partial charge in [-0.3, -0.25) is 24.0 Å². The maximum atomic E-state index is 13.2. The van der Waals surface area contributed by atoms with Gasteiger partial charge in [-0.25, -0.2) is 9.69 Å². The molecule has 14 nitrogen and oxygen atoms in total. The van der Waals surface area contributed by atoms with Crippen LogP contribution in [-0.4, -0.2) is 92.4 Å². The Hall–Kier alpha value is -4.82. The van der Waals surface area contributed by atoms with E-state index in [-0.39, 0.29) is 51.5 Å². The van der Waals surface area contributed by atoms with E-state index in [9.17, 15) is 28.8 Å². The molecule has 0 unspecified atom stereocenters. The number of amides is 6. The van der Waals surface area contributed by atoms with Gasteiger partial charge >= 0.3 is 6.09 Å².